The molecule has 0 saturated heterocycles. The number of carbonyl (C=O) groups excluding carboxylic acids is 1. The molecule has 1 N–H and O–H groups in total. The first-order valence-electron chi connectivity index (χ1n) is 5.83. The summed E-state index contributed by atoms with van der Waals surface area (Å²) in [6, 6.07) is 3.52. The van der Waals surface area contributed by atoms with Gasteiger partial charge < -0.3 is 9.88 Å². The van der Waals surface area contributed by atoms with E-state index >= 15 is 0 Å². The molecule has 1 aromatic carbocycles. The number of benzene rings is 1. The molecule has 20 heavy (non-hydrogen) atoms. The number of hydrogen-bond donors (Lipinski definition) is 1. The molecule has 0 atom stereocenters. The zero-order valence-electron chi connectivity index (χ0n) is 11.0. The Labute approximate surface area is 131 Å². The number of carbonyl (C=O) groups is 1. The second-order valence-electron chi connectivity index (χ2n) is 4.21. The van der Waals surface area contributed by atoms with Gasteiger partial charge in [-0.1, -0.05) is 41.0 Å². The van der Waals surface area contributed by atoms with Gasteiger partial charge in [0.2, 0.25) is 5.91 Å². The van der Waals surface area contributed by atoms with Gasteiger partial charge in [-0.25, -0.2) is 4.98 Å². The molecule has 4 nitrogen and oxygen atoms in total. The van der Waals surface area contributed by atoms with Crippen LogP contribution in [0.5, 0.6) is 0 Å². The Morgan fingerprint density at radius 2 is 2.20 bits per heavy atom. The van der Waals surface area contributed by atoms with Crippen molar-refractivity contribution in [3.63, 3.8) is 0 Å². The Balaban J connectivity index is 2.02. The zero-order chi connectivity index (χ0) is 14.7. The van der Waals surface area contributed by atoms with Crippen LogP contribution in [0.15, 0.2) is 29.7 Å². The van der Waals surface area contributed by atoms with Crippen LogP contribution < -0.4 is 5.32 Å². The SMILES string of the molecule is Cc1ccc(Cl)c(NC(=O)CSc2nccn2C)c1Cl. The van der Waals surface area contributed by atoms with E-state index in [0.29, 0.717) is 15.7 Å². The van der Waals surface area contributed by atoms with Gasteiger partial charge in [0, 0.05) is 19.4 Å². The highest BCUT2D eigenvalue weighted by Crippen LogP contribution is 2.33. The summed E-state index contributed by atoms with van der Waals surface area (Å²) in [6.45, 7) is 1.86. The molecule has 0 bridgehead atoms. The first kappa shape index (κ1) is 15.2. The average Bonchev–Trinajstić information content (AvgIpc) is 2.82. The molecule has 106 valence electrons. The molecule has 0 spiro atoms. The number of nitrogens with one attached hydrogen (secondary N) is 1. The van der Waals surface area contributed by atoms with Crippen molar-refractivity contribution < 1.29 is 4.79 Å². The van der Waals surface area contributed by atoms with Crippen molar-refractivity contribution in [2.75, 3.05) is 11.1 Å². The van der Waals surface area contributed by atoms with Gasteiger partial charge in [0.15, 0.2) is 5.16 Å². The van der Waals surface area contributed by atoms with E-state index in [4.69, 9.17) is 23.2 Å². The molecule has 2 rings (SSSR count). The molecule has 1 heterocycles. The minimum absolute atomic E-state index is 0.174. The van der Waals surface area contributed by atoms with Crippen molar-refractivity contribution in [2.45, 2.75) is 12.1 Å². The molecule has 0 saturated carbocycles. The average molecular weight is 330 g/mol. The van der Waals surface area contributed by atoms with E-state index in [-0.39, 0.29) is 11.7 Å². The predicted octanol–water partition coefficient (Wildman–Crippen LogP) is 3.77. The first-order valence-corrected chi connectivity index (χ1v) is 7.57. The smallest absolute Gasteiger partial charge is 0.234 e. The summed E-state index contributed by atoms with van der Waals surface area (Å²) in [5.41, 5.74) is 1.32. The number of imidazole rings is 1. The maximum atomic E-state index is 11.9. The summed E-state index contributed by atoms with van der Waals surface area (Å²) >= 11 is 13.5. The third kappa shape index (κ3) is 3.48. The molecule has 0 aliphatic heterocycles. The van der Waals surface area contributed by atoms with E-state index in [0.717, 1.165) is 10.7 Å². The second-order valence-corrected chi connectivity index (χ2v) is 5.94. The maximum Gasteiger partial charge on any atom is 0.234 e. The van der Waals surface area contributed by atoms with Crippen LogP contribution in [0.1, 0.15) is 5.56 Å². The molecule has 0 fully saturated rings. The Morgan fingerprint density at radius 1 is 1.45 bits per heavy atom. The van der Waals surface area contributed by atoms with Crippen LogP contribution in [0, 0.1) is 6.92 Å². The molecular formula is C13H13Cl2N3OS. The number of halogens is 2. The minimum Gasteiger partial charge on any atom is -0.329 e. The fourth-order valence-corrected chi connectivity index (χ4v) is 2.77. The van der Waals surface area contributed by atoms with Crippen molar-refractivity contribution in [2.24, 2.45) is 7.05 Å². The third-order valence-corrected chi connectivity index (χ3v) is 4.52. The van der Waals surface area contributed by atoms with Crippen LogP contribution in [-0.2, 0) is 11.8 Å². The lowest BCUT2D eigenvalue weighted by Gasteiger charge is -2.10. The van der Waals surface area contributed by atoms with Gasteiger partial charge in [0.1, 0.15) is 0 Å². The lowest BCUT2D eigenvalue weighted by Crippen LogP contribution is -2.15. The van der Waals surface area contributed by atoms with Gasteiger partial charge in [-0.15, -0.1) is 0 Å². The quantitative estimate of drug-likeness (QED) is 0.868. The van der Waals surface area contributed by atoms with E-state index in [2.05, 4.69) is 10.3 Å². The predicted molar refractivity (Wildman–Crippen MR) is 83.8 cm³/mol. The monoisotopic (exact) mass is 329 g/mol. The highest BCUT2D eigenvalue weighted by atomic mass is 35.5. The Hall–Kier alpha value is -1.17. The Kier molecular flexibility index (Phi) is 4.96. The number of hydrogen-bond acceptors (Lipinski definition) is 3. The van der Waals surface area contributed by atoms with Crippen molar-refractivity contribution in [3.8, 4) is 0 Å². The number of nitrogens with zero attached hydrogens (tertiary/aromatic N) is 2. The number of aromatic nitrogens is 2. The number of rotatable bonds is 4. The molecule has 1 aromatic heterocycles. The molecule has 7 heteroatoms. The molecular weight excluding hydrogens is 317 g/mol. The maximum absolute atomic E-state index is 11.9. The third-order valence-electron chi connectivity index (χ3n) is 2.66. The van der Waals surface area contributed by atoms with Gasteiger partial charge in [0.05, 0.1) is 21.5 Å². The summed E-state index contributed by atoms with van der Waals surface area (Å²) in [7, 11) is 1.88. The second kappa shape index (κ2) is 6.52. The minimum atomic E-state index is -0.174. The van der Waals surface area contributed by atoms with E-state index in [9.17, 15) is 4.79 Å². The van der Waals surface area contributed by atoms with Gasteiger partial charge in [-0.2, -0.15) is 0 Å². The van der Waals surface area contributed by atoms with Crippen molar-refractivity contribution in [1.29, 1.82) is 0 Å². The fraction of sp³-hybridized carbons (Fsp3) is 0.231. The van der Waals surface area contributed by atoms with E-state index in [1.54, 1.807) is 12.3 Å². The van der Waals surface area contributed by atoms with Gasteiger partial charge >= 0.3 is 0 Å². The molecule has 0 radical (unpaired) electrons. The summed E-state index contributed by atoms with van der Waals surface area (Å²) in [6.07, 6.45) is 3.52. The first-order chi connectivity index (χ1) is 9.49. The highest BCUT2D eigenvalue weighted by molar-refractivity contribution is 7.99. The fourth-order valence-electron chi connectivity index (χ4n) is 1.57. The summed E-state index contributed by atoms with van der Waals surface area (Å²) < 4.78 is 1.85. The summed E-state index contributed by atoms with van der Waals surface area (Å²) in [5, 5.41) is 4.41. The molecule has 0 aliphatic carbocycles. The van der Waals surface area contributed by atoms with Gasteiger partial charge in [0.25, 0.3) is 0 Å². The van der Waals surface area contributed by atoms with Crippen LogP contribution >= 0.6 is 35.0 Å². The van der Waals surface area contributed by atoms with Crippen LogP contribution in [0.25, 0.3) is 0 Å². The van der Waals surface area contributed by atoms with Crippen molar-refractivity contribution in [1.82, 2.24) is 9.55 Å². The van der Waals surface area contributed by atoms with Crippen LogP contribution in [-0.4, -0.2) is 21.2 Å². The lowest BCUT2D eigenvalue weighted by atomic mass is 10.2. The molecule has 0 aliphatic rings. The van der Waals surface area contributed by atoms with Gasteiger partial charge in [-0.3, -0.25) is 4.79 Å². The zero-order valence-corrected chi connectivity index (χ0v) is 13.3. The largest absolute Gasteiger partial charge is 0.329 e. The number of thioether (sulfide) groups is 1. The topological polar surface area (TPSA) is 46.9 Å². The summed E-state index contributed by atoms with van der Waals surface area (Å²) in [4.78, 5) is 16.1. The molecule has 1 amide bonds. The lowest BCUT2D eigenvalue weighted by molar-refractivity contribution is -0.113. The molecule has 2 aromatic rings. The molecule has 0 unspecified atom stereocenters. The van der Waals surface area contributed by atoms with Crippen LogP contribution in [0.3, 0.4) is 0 Å². The Morgan fingerprint density at radius 3 is 2.85 bits per heavy atom. The van der Waals surface area contributed by atoms with Crippen molar-refractivity contribution in [3.05, 3.63) is 40.1 Å². The van der Waals surface area contributed by atoms with E-state index < -0.39 is 0 Å². The summed E-state index contributed by atoms with van der Waals surface area (Å²) in [5.74, 6) is 0.0678. The highest BCUT2D eigenvalue weighted by Gasteiger charge is 2.12. The Bertz CT molecular complexity index is 643. The van der Waals surface area contributed by atoms with E-state index in [1.807, 2.05) is 30.8 Å². The number of anilines is 1. The number of amides is 1. The van der Waals surface area contributed by atoms with E-state index in [1.165, 1.54) is 11.8 Å². The van der Waals surface area contributed by atoms with Crippen LogP contribution in [0.2, 0.25) is 10.0 Å². The normalized spacial score (nSPS) is 10.6. The number of aryl methyl sites for hydroxylation is 2. The standard InChI is InChI=1S/C13H13Cl2N3OS/c1-8-3-4-9(14)12(11(8)15)17-10(19)7-20-13-16-5-6-18(13)2/h3-6H,7H2,1-2H3,(H,17,19). The van der Waals surface area contributed by atoms with Crippen molar-refractivity contribution >= 4 is 46.6 Å². The van der Waals surface area contributed by atoms with Gasteiger partial charge in [-0.05, 0) is 18.6 Å². The van der Waals surface area contributed by atoms with Crippen LogP contribution in [0.4, 0.5) is 5.69 Å².